The summed E-state index contributed by atoms with van der Waals surface area (Å²) in [6.45, 7) is 11.3. The first-order chi connectivity index (χ1) is 14.5. The molecule has 2 fully saturated rings. The van der Waals surface area contributed by atoms with E-state index >= 15 is 0 Å². The van der Waals surface area contributed by atoms with Crippen LogP contribution in [-0.4, -0.2) is 49.2 Å². The summed E-state index contributed by atoms with van der Waals surface area (Å²) in [7, 11) is -1.82. The van der Waals surface area contributed by atoms with E-state index < -0.39 is 8.07 Å². The van der Waals surface area contributed by atoms with Crippen LogP contribution in [0.3, 0.4) is 0 Å². The monoisotopic (exact) mass is 582 g/mol. The van der Waals surface area contributed by atoms with Crippen LogP contribution in [0.4, 0.5) is 0 Å². The van der Waals surface area contributed by atoms with Crippen LogP contribution in [0.1, 0.15) is 49.7 Å². The van der Waals surface area contributed by atoms with Gasteiger partial charge in [0, 0.05) is 24.2 Å². The van der Waals surface area contributed by atoms with Gasteiger partial charge in [-0.3, -0.25) is 9.80 Å². The Hall–Kier alpha value is -0.663. The van der Waals surface area contributed by atoms with E-state index in [-0.39, 0.29) is 34.0 Å². The number of hydrogen-bond acceptors (Lipinski definition) is 3. The maximum Gasteiger partial charge on any atom is 0.124 e. The maximum absolute atomic E-state index is 11.3. The van der Waals surface area contributed by atoms with Gasteiger partial charge in [0.2, 0.25) is 0 Å². The highest BCUT2D eigenvalue weighted by Gasteiger charge is 2.28. The van der Waals surface area contributed by atoms with Gasteiger partial charge in [0.15, 0.2) is 0 Å². The average molecular weight is 585 g/mol. The number of benzene rings is 2. The highest BCUT2D eigenvalue weighted by Crippen LogP contribution is 2.27. The van der Waals surface area contributed by atoms with Crippen LogP contribution in [0.25, 0.3) is 0 Å². The van der Waals surface area contributed by atoms with Crippen LogP contribution in [0.15, 0.2) is 42.5 Å². The van der Waals surface area contributed by atoms with Gasteiger partial charge in [0.25, 0.3) is 0 Å². The van der Waals surface area contributed by atoms with E-state index in [0.29, 0.717) is 5.75 Å². The van der Waals surface area contributed by atoms with Crippen LogP contribution in [0.5, 0.6) is 5.75 Å². The molecule has 0 atom stereocenters. The lowest BCUT2D eigenvalue weighted by Gasteiger charge is -2.31. The molecule has 2 aromatic carbocycles. The molecule has 178 valence electrons. The normalized spacial score (nSPS) is 17.9. The number of phenolic OH excluding ortho intramolecular Hbond substituents is 1. The Morgan fingerprint density at radius 2 is 1.12 bits per heavy atom. The van der Waals surface area contributed by atoms with Crippen molar-refractivity contribution in [2.45, 2.75) is 64.7 Å². The van der Waals surface area contributed by atoms with Crippen LogP contribution < -0.4 is 10.4 Å². The molecule has 0 radical (unpaired) electrons. The second kappa shape index (κ2) is 12.7. The van der Waals surface area contributed by atoms with Crippen LogP contribution in [0, 0.1) is 0 Å². The molecule has 1 N–H and O–H groups in total. The number of halogens is 2. The van der Waals surface area contributed by atoms with Gasteiger partial charge in [-0.1, -0.05) is 78.8 Å². The molecule has 3 nitrogen and oxygen atoms in total. The predicted molar refractivity (Wildman–Crippen MR) is 150 cm³/mol. The first kappa shape index (κ1) is 27.6. The number of phenols is 1. The smallest absolute Gasteiger partial charge is 0.124 e. The summed E-state index contributed by atoms with van der Waals surface area (Å²) >= 11 is 0. The lowest BCUT2D eigenvalue weighted by Crippen LogP contribution is -2.53. The van der Waals surface area contributed by atoms with E-state index in [1.165, 1.54) is 48.9 Å². The van der Waals surface area contributed by atoms with E-state index in [4.69, 9.17) is 0 Å². The number of piperidine rings is 2. The molecule has 0 aromatic heterocycles. The number of hydrogen-bond donors (Lipinski definition) is 1. The van der Waals surface area contributed by atoms with Gasteiger partial charge in [0.05, 0.1) is 0 Å². The Morgan fingerprint density at radius 1 is 0.688 bits per heavy atom. The molecule has 0 spiro atoms. The van der Waals surface area contributed by atoms with Crippen LogP contribution in [0.2, 0.25) is 13.1 Å². The van der Waals surface area contributed by atoms with Gasteiger partial charge in [-0.15, -0.1) is 34.0 Å². The molecule has 0 amide bonds. The molecule has 0 saturated carbocycles. The molecule has 0 unspecified atom stereocenters. The third kappa shape index (κ3) is 6.69. The fraction of sp³-hybridized carbons (Fsp3) is 0.538. The largest absolute Gasteiger partial charge is 0.507 e. The topological polar surface area (TPSA) is 26.7 Å². The summed E-state index contributed by atoms with van der Waals surface area (Å²) in [5.41, 5.74) is 2.27. The van der Waals surface area contributed by atoms with E-state index in [1.807, 2.05) is 0 Å². The molecule has 2 saturated heterocycles. The fourth-order valence-corrected chi connectivity index (χ4v) is 7.53. The van der Waals surface area contributed by atoms with Gasteiger partial charge < -0.3 is 5.11 Å². The molecule has 6 heteroatoms. The Labute approximate surface area is 216 Å². The van der Waals surface area contributed by atoms with Crippen molar-refractivity contribution in [3.63, 3.8) is 0 Å². The minimum absolute atomic E-state index is 0. The maximum atomic E-state index is 11.3. The van der Waals surface area contributed by atoms with Crippen molar-refractivity contribution >= 4 is 52.4 Å². The van der Waals surface area contributed by atoms with Gasteiger partial charge in [0.1, 0.15) is 13.8 Å². The number of rotatable bonds is 6. The van der Waals surface area contributed by atoms with Gasteiger partial charge in [-0.2, -0.15) is 0 Å². The summed E-state index contributed by atoms with van der Waals surface area (Å²) < 4.78 is 0. The number of likely N-dealkylation sites (tertiary alicyclic amines) is 2. The van der Waals surface area contributed by atoms with Crippen LogP contribution >= 0.6 is 34.0 Å². The van der Waals surface area contributed by atoms with E-state index in [2.05, 4.69) is 65.4 Å². The molecule has 32 heavy (non-hydrogen) atoms. The molecule has 2 aromatic rings. The zero-order valence-corrected chi connectivity index (χ0v) is 24.1. The lowest BCUT2D eigenvalue weighted by atomic mass is 10.0. The number of aromatic hydroxyl groups is 1. The first-order valence-electron chi connectivity index (χ1n) is 11.9. The predicted octanol–water partition coefficient (Wildman–Crippen LogP) is 5.34. The summed E-state index contributed by atoms with van der Waals surface area (Å²) in [6, 6.07) is 15.7. The van der Waals surface area contributed by atoms with Crippen molar-refractivity contribution in [3.05, 3.63) is 53.6 Å². The minimum atomic E-state index is -1.82. The molecule has 4 rings (SSSR count). The summed E-state index contributed by atoms with van der Waals surface area (Å²) in [5.74, 6) is 0.549. The molecule has 0 bridgehead atoms. The Morgan fingerprint density at radius 3 is 1.56 bits per heavy atom. The quantitative estimate of drug-likeness (QED) is 0.465. The minimum Gasteiger partial charge on any atom is -0.507 e. The Balaban J connectivity index is 0.00000181. The molecule has 2 aliphatic rings. The van der Waals surface area contributed by atoms with Gasteiger partial charge in [-0.05, 0) is 51.9 Å². The van der Waals surface area contributed by atoms with Crippen molar-refractivity contribution in [1.82, 2.24) is 9.80 Å². The van der Waals surface area contributed by atoms with Crippen molar-refractivity contribution < 1.29 is 5.11 Å². The average Bonchev–Trinajstić information content (AvgIpc) is 2.78. The molecule has 0 aliphatic carbocycles. The standard InChI is InChI=1S/C26H38N2OSi.2BrH/c1-30(2,24-12-6-3-7-13-24)25-18-22(20-27-14-8-4-9-15-27)26(29)23(19-25)21-28-16-10-5-11-17-28;;/h3,6-7,12-13,18-19,29H,4-5,8-11,14-17,20-21H2,1-2H3;2*1H. The van der Waals surface area contributed by atoms with Crippen molar-refractivity contribution in [2.75, 3.05) is 26.2 Å². The highest BCUT2D eigenvalue weighted by molar-refractivity contribution is 8.93. The fourth-order valence-electron chi connectivity index (χ4n) is 5.10. The van der Waals surface area contributed by atoms with E-state index in [1.54, 1.807) is 0 Å². The molecular weight excluding hydrogens is 544 g/mol. The SMILES string of the molecule is Br.Br.C[Si](C)(c1ccccc1)c1cc(CN2CCCCC2)c(O)c(CN2CCCCC2)c1. The zero-order chi connectivity index (χ0) is 21.0. The Kier molecular flexibility index (Phi) is 10.9. The second-order valence-electron chi connectivity index (χ2n) is 9.81. The number of nitrogens with zero attached hydrogens (tertiary/aromatic N) is 2. The van der Waals surface area contributed by atoms with Gasteiger partial charge in [-0.25, -0.2) is 0 Å². The first-order valence-corrected chi connectivity index (χ1v) is 14.9. The van der Waals surface area contributed by atoms with Crippen molar-refractivity contribution in [3.8, 4) is 5.75 Å². The lowest BCUT2D eigenvalue weighted by molar-refractivity contribution is 0.213. The third-order valence-electron chi connectivity index (χ3n) is 7.17. The molecule has 2 heterocycles. The summed E-state index contributed by atoms with van der Waals surface area (Å²) in [4.78, 5) is 5.06. The van der Waals surface area contributed by atoms with Crippen molar-refractivity contribution in [1.29, 1.82) is 0 Å². The molecular formula is C26H40Br2N2OSi. The van der Waals surface area contributed by atoms with Crippen molar-refractivity contribution in [2.24, 2.45) is 0 Å². The highest BCUT2D eigenvalue weighted by atomic mass is 79.9. The van der Waals surface area contributed by atoms with E-state index in [0.717, 1.165) is 50.4 Å². The zero-order valence-electron chi connectivity index (χ0n) is 19.7. The van der Waals surface area contributed by atoms with E-state index in [9.17, 15) is 5.11 Å². The van der Waals surface area contributed by atoms with Crippen LogP contribution in [-0.2, 0) is 13.1 Å². The molecule has 2 aliphatic heterocycles. The third-order valence-corrected chi connectivity index (χ3v) is 10.7. The van der Waals surface area contributed by atoms with Gasteiger partial charge >= 0.3 is 0 Å². The Bertz CT molecular complexity index is 794. The summed E-state index contributed by atoms with van der Waals surface area (Å²) in [5, 5.41) is 14.2. The summed E-state index contributed by atoms with van der Waals surface area (Å²) in [6.07, 6.45) is 7.82. The second-order valence-corrected chi connectivity index (χ2v) is 14.2.